The number of ether oxygens (including phenoxy) is 2. The van der Waals surface area contributed by atoms with Crippen molar-refractivity contribution in [3.05, 3.63) is 58.4 Å². The van der Waals surface area contributed by atoms with Crippen LogP contribution < -0.4 is 0 Å². The average molecular weight is 357 g/mol. The molecule has 0 amide bonds. The Kier molecular flexibility index (Phi) is 7.45. The molecular formula is C21H27NO4. The molecule has 1 N–H and O–H groups in total. The number of carbonyl (C=O) groups is 2. The fraction of sp³-hybridized carbons (Fsp3) is 0.429. The standard InChI is InChI=1S/C21H27NO4/c1-4-5-13-25-21(24)20-15(2)18(16(3)22-20)11-12-19(23)26-14-17-9-7-6-8-10-17/h6-10,22H,4-5,11-14H2,1-3H3. The topological polar surface area (TPSA) is 68.4 Å². The molecule has 0 aliphatic carbocycles. The van der Waals surface area contributed by atoms with Crippen molar-refractivity contribution >= 4 is 11.9 Å². The van der Waals surface area contributed by atoms with Crippen LogP contribution in [0.25, 0.3) is 0 Å². The van der Waals surface area contributed by atoms with Gasteiger partial charge in [-0.1, -0.05) is 43.7 Å². The molecule has 1 aromatic carbocycles. The van der Waals surface area contributed by atoms with Crippen molar-refractivity contribution in [2.24, 2.45) is 0 Å². The van der Waals surface area contributed by atoms with Gasteiger partial charge in [-0.25, -0.2) is 4.79 Å². The molecule has 0 fully saturated rings. The lowest BCUT2D eigenvalue weighted by molar-refractivity contribution is -0.144. The summed E-state index contributed by atoms with van der Waals surface area (Å²) in [6.45, 7) is 6.53. The Balaban J connectivity index is 1.88. The van der Waals surface area contributed by atoms with Gasteiger partial charge >= 0.3 is 11.9 Å². The van der Waals surface area contributed by atoms with Crippen LogP contribution in [0.3, 0.4) is 0 Å². The van der Waals surface area contributed by atoms with Gasteiger partial charge < -0.3 is 14.5 Å². The number of hydrogen-bond acceptors (Lipinski definition) is 4. The molecule has 0 saturated heterocycles. The van der Waals surface area contributed by atoms with E-state index in [9.17, 15) is 9.59 Å². The highest BCUT2D eigenvalue weighted by Gasteiger charge is 2.19. The number of esters is 2. The van der Waals surface area contributed by atoms with Gasteiger partial charge in [0.1, 0.15) is 12.3 Å². The number of aromatic nitrogens is 1. The van der Waals surface area contributed by atoms with E-state index in [0.717, 1.165) is 35.2 Å². The largest absolute Gasteiger partial charge is 0.461 e. The van der Waals surface area contributed by atoms with Crippen molar-refractivity contribution in [1.29, 1.82) is 0 Å². The lowest BCUT2D eigenvalue weighted by Gasteiger charge is -2.06. The number of benzene rings is 1. The van der Waals surface area contributed by atoms with Crippen molar-refractivity contribution in [1.82, 2.24) is 4.98 Å². The predicted octanol–water partition coefficient (Wildman–Crippen LogP) is 4.26. The first-order valence-corrected chi connectivity index (χ1v) is 9.07. The van der Waals surface area contributed by atoms with Gasteiger partial charge in [0.25, 0.3) is 0 Å². The van der Waals surface area contributed by atoms with Crippen molar-refractivity contribution in [3.63, 3.8) is 0 Å². The smallest absolute Gasteiger partial charge is 0.355 e. The summed E-state index contributed by atoms with van der Waals surface area (Å²) in [5.74, 6) is -0.585. The summed E-state index contributed by atoms with van der Waals surface area (Å²) >= 11 is 0. The molecule has 0 spiro atoms. The van der Waals surface area contributed by atoms with Gasteiger partial charge in [-0.15, -0.1) is 0 Å². The number of H-pyrrole nitrogens is 1. The van der Waals surface area contributed by atoms with Gasteiger partial charge in [0, 0.05) is 12.1 Å². The third kappa shape index (κ3) is 5.48. The first-order chi connectivity index (χ1) is 12.5. The van der Waals surface area contributed by atoms with Crippen LogP contribution >= 0.6 is 0 Å². The molecule has 0 unspecified atom stereocenters. The van der Waals surface area contributed by atoms with E-state index in [-0.39, 0.29) is 25.0 Å². The lowest BCUT2D eigenvalue weighted by Crippen LogP contribution is -2.09. The maximum absolute atomic E-state index is 12.2. The molecule has 0 aliphatic heterocycles. The van der Waals surface area contributed by atoms with Gasteiger partial charge in [-0.05, 0) is 43.4 Å². The predicted molar refractivity (Wildman–Crippen MR) is 100 cm³/mol. The second-order valence-electron chi connectivity index (χ2n) is 6.36. The summed E-state index contributed by atoms with van der Waals surface area (Å²) in [6.07, 6.45) is 2.64. The molecule has 1 heterocycles. The minimum Gasteiger partial charge on any atom is -0.461 e. The Bertz CT molecular complexity index is 734. The van der Waals surface area contributed by atoms with Crippen LogP contribution in [0.4, 0.5) is 0 Å². The molecule has 0 atom stereocenters. The van der Waals surface area contributed by atoms with Crippen molar-refractivity contribution in [3.8, 4) is 0 Å². The summed E-state index contributed by atoms with van der Waals surface area (Å²) in [6, 6.07) is 9.59. The maximum Gasteiger partial charge on any atom is 0.355 e. The summed E-state index contributed by atoms with van der Waals surface area (Å²) < 4.78 is 10.6. The van der Waals surface area contributed by atoms with E-state index in [4.69, 9.17) is 9.47 Å². The van der Waals surface area contributed by atoms with Crippen LogP contribution in [0.15, 0.2) is 30.3 Å². The Morgan fingerprint density at radius 2 is 1.81 bits per heavy atom. The second-order valence-corrected chi connectivity index (χ2v) is 6.36. The number of rotatable bonds is 9. The van der Waals surface area contributed by atoms with E-state index in [1.165, 1.54) is 0 Å². The second kappa shape index (κ2) is 9.80. The zero-order chi connectivity index (χ0) is 18.9. The van der Waals surface area contributed by atoms with Crippen LogP contribution in [-0.2, 0) is 27.3 Å². The van der Waals surface area contributed by atoms with Crippen LogP contribution in [0.5, 0.6) is 0 Å². The Labute approximate surface area is 154 Å². The minimum atomic E-state index is -0.336. The van der Waals surface area contributed by atoms with E-state index in [0.29, 0.717) is 18.7 Å². The Morgan fingerprint density at radius 3 is 2.50 bits per heavy atom. The lowest BCUT2D eigenvalue weighted by atomic mass is 10.0. The summed E-state index contributed by atoms with van der Waals surface area (Å²) in [5, 5.41) is 0. The molecule has 2 aromatic rings. The maximum atomic E-state index is 12.2. The molecule has 0 aliphatic rings. The highest BCUT2D eigenvalue weighted by Crippen LogP contribution is 2.20. The van der Waals surface area contributed by atoms with E-state index in [1.807, 2.05) is 51.1 Å². The Hall–Kier alpha value is -2.56. The van der Waals surface area contributed by atoms with E-state index < -0.39 is 0 Å². The van der Waals surface area contributed by atoms with E-state index in [2.05, 4.69) is 4.98 Å². The van der Waals surface area contributed by atoms with Gasteiger partial charge in [-0.3, -0.25) is 4.79 Å². The molecule has 26 heavy (non-hydrogen) atoms. The fourth-order valence-electron chi connectivity index (χ4n) is 2.79. The number of carbonyl (C=O) groups excluding carboxylic acids is 2. The van der Waals surface area contributed by atoms with Crippen molar-refractivity contribution in [2.45, 2.75) is 53.1 Å². The zero-order valence-electron chi connectivity index (χ0n) is 15.8. The zero-order valence-corrected chi connectivity index (χ0v) is 15.8. The molecule has 5 heteroatoms. The highest BCUT2D eigenvalue weighted by atomic mass is 16.5. The molecule has 1 aromatic heterocycles. The molecule has 2 rings (SSSR count). The third-order valence-corrected chi connectivity index (χ3v) is 4.35. The minimum absolute atomic E-state index is 0.249. The molecule has 5 nitrogen and oxygen atoms in total. The van der Waals surface area contributed by atoms with Crippen LogP contribution in [0, 0.1) is 13.8 Å². The highest BCUT2D eigenvalue weighted by molar-refractivity contribution is 5.89. The SMILES string of the molecule is CCCCOC(=O)c1[nH]c(C)c(CCC(=O)OCc2ccccc2)c1C. The molecular weight excluding hydrogens is 330 g/mol. The van der Waals surface area contributed by atoms with E-state index in [1.54, 1.807) is 0 Å². The van der Waals surface area contributed by atoms with Crippen LogP contribution in [-0.4, -0.2) is 23.5 Å². The van der Waals surface area contributed by atoms with Crippen molar-refractivity contribution in [2.75, 3.05) is 6.61 Å². The number of nitrogens with one attached hydrogen (secondary N) is 1. The number of unbranched alkanes of at least 4 members (excludes halogenated alkanes) is 1. The van der Waals surface area contributed by atoms with Gasteiger partial charge in [-0.2, -0.15) is 0 Å². The molecule has 140 valence electrons. The molecule has 0 radical (unpaired) electrons. The number of aromatic amines is 1. The fourth-order valence-corrected chi connectivity index (χ4v) is 2.79. The summed E-state index contributed by atoms with van der Waals surface area (Å²) in [4.78, 5) is 27.3. The molecule has 0 bridgehead atoms. The summed E-state index contributed by atoms with van der Waals surface area (Å²) in [5.41, 5.74) is 4.16. The average Bonchev–Trinajstić information content (AvgIpc) is 2.93. The van der Waals surface area contributed by atoms with Crippen LogP contribution in [0.1, 0.15) is 59.1 Å². The molecule has 0 saturated carbocycles. The quantitative estimate of drug-likeness (QED) is 0.538. The van der Waals surface area contributed by atoms with Crippen molar-refractivity contribution < 1.29 is 19.1 Å². The first kappa shape index (κ1) is 19.8. The van der Waals surface area contributed by atoms with Crippen LogP contribution in [0.2, 0.25) is 0 Å². The number of hydrogen-bond donors (Lipinski definition) is 1. The summed E-state index contributed by atoms with van der Waals surface area (Å²) in [7, 11) is 0. The normalized spacial score (nSPS) is 10.6. The number of aryl methyl sites for hydroxylation is 1. The van der Waals surface area contributed by atoms with Gasteiger partial charge in [0.2, 0.25) is 0 Å². The van der Waals surface area contributed by atoms with Gasteiger partial charge in [0.15, 0.2) is 0 Å². The third-order valence-electron chi connectivity index (χ3n) is 4.35. The Morgan fingerprint density at radius 1 is 1.08 bits per heavy atom. The van der Waals surface area contributed by atoms with E-state index >= 15 is 0 Å². The van der Waals surface area contributed by atoms with Gasteiger partial charge in [0.05, 0.1) is 6.61 Å². The first-order valence-electron chi connectivity index (χ1n) is 9.07. The monoisotopic (exact) mass is 357 g/mol.